The molecule has 1 amide bonds. The minimum atomic E-state index is -0.280. The summed E-state index contributed by atoms with van der Waals surface area (Å²) in [7, 11) is 1.65. The largest absolute Gasteiger partial charge is 0.497 e. The summed E-state index contributed by atoms with van der Waals surface area (Å²) in [5.41, 5.74) is 2.38. The third kappa shape index (κ3) is 4.35. The number of ether oxygens (including phenoxy) is 1. The smallest absolute Gasteiger partial charge is 0.269 e. The van der Waals surface area contributed by atoms with Crippen molar-refractivity contribution in [2.24, 2.45) is 0 Å². The molecule has 1 aliphatic heterocycles. The number of anilines is 1. The molecule has 2 aromatic carbocycles. The maximum atomic E-state index is 12.8. The molecule has 4 rings (SSSR count). The number of carbonyl (C=O) groups excluding carboxylic acids is 1. The topological polar surface area (TPSA) is 67.7 Å². The number of piperazine rings is 1. The van der Waals surface area contributed by atoms with Crippen molar-refractivity contribution in [1.82, 2.24) is 14.5 Å². The van der Waals surface area contributed by atoms with E-state index in [0.29, 0.717) is 18.8 Å². The standard InChI is InChI=1S/C23H24N4O3/c1-30-20-9-5-8-19(14-20)25-10-12-26(13-11-25)23(29)17-27-16-21(24-15-22(27)28)18-6-3-2-4-7-18/h2-9,14-16H,10-13,17H2,1H3. The van der Waals surface area contributed by atoms with E-state index >= 15 is 0 Å². The van der Waals surface area contributed by atoms with Crippen molar-refractivity contribution in [3.05, 3.63) is 77.3 Å². The number of hydrogen-bond donors (Lipinski definition) is 0. The first kappa shape index (κ1) is 19.7. The van der Waals surface area contributed by atoms with Gasteiger partial charge in [-0.2, -0.15) is 0 Å². The van der Waals surface area contributed by atoms with Crippen LogP contribution in [-0.2, 0) is 11.3 Å². The molecule has 0 atom stereocenters. The van der Waals surface area contributed by atoms with Gasteiger partial charge in [0.15, 0.2) is 0 Å². The summed E-state index contributed by atoms with van der Waals surface area (Å²) in [5, 5.41) is 0. The van der Waals surface area contributed by atoms with Crippen LogP contribution in [0.3, 0.4) is 0 Å². The van der Waals surface area contributed by atoms with E-state index in [9.17, 15) is 9.59 Å². The Hall–Kier alpha value is -3.61. The molecule has 7 nitrogen and oxygen atoms in total. The summed E-state index contributed by atoms with van der Waals surface area (Å²) >= 11 is 0. The van der Waals surface area contributed by atoms with Gasteiger partial charge in [0.1, 0.15) is 12.3 Å². The SMILES string of the molecule is COc1cccc(N2CCN(C(=O)Cn3cc(-c4ccccc4)ncc3=O)CC2)c1. The molecule has 1 aromatic heterocycles. The Morgan fingerprint density at radius 2 is 1.80 bits per heavy atom. The average Bonchev–Trinajstić information content (AvgIpc) is 2.81. The monoisotopic (exact) mass is 404 g/mol. The summed E-state index contributed by atoms with van der Waals surface area (Å²) < 4.78 is 6.73. The molecule has 1 saturated heterocycles. The molecular formula is C23H24N4O3. The Morgan fingerprint density at radius 1 is 1.03 bits per heavy atom. The quantitative estimate of drug-likeness (QED) is 0.653. The highest BCUT2D eigenvalue weighted by Gasteiger charge is 2.22. The van der Waals surface area contributed by atoms with Crippen LogP contribution < -0.4 is 15.2 Å². The first-order valence-electron chi connectivity index (χ1n) is 9.93. The van der Waals surface area contributed by atoms with Gasteiger partial charge in [0.05, 0.1) is 19.0 Å². The fraction of sp³-hybridized carbons (Fsp3) is 0.261. The second kappa shape index (κ2) is 8.82. The lowest BCUT2D eigenvalue weighted by atomic mass is 10.2. The van der Waals surface area contributed by atoms with Crippen LogP contribution in [0.2, 0.25) is 0 Å². The van der Waals surface area contributed by atoms with Crippen LogP contribution in [0.5, 0.6) is 5.75 Å². The Balaban J connectivity index is 1.41. The number of benzene rings is 2. The van der Waals surface area contributed by atoms with Gasteiger partial charge in [-0.3, -0.25) is 9.59 Å². The van der Waals surface area contributed by atoms with E-state index in [-0.39, 0.29) is 18.0 Å². The molecule has 154 valence electrons. The number of rotatable bonds is 5. The molecule has 0 spiro atoms. The number of amides is 1. The highest BCUT2D eigenvalue weighted by Crippen LogP contribution is 2.22. The lowest BCUT2D eigenvalue weighted by Crippen LogP contribution is -2.50. The lowest BCUT2D eigenvalue weighted by Gasteiger charge is -2.36. The molecule has 0 N–H and O–H groups in total. The van der Waals surface area contributed by atoms with Gasteiger partial charge in [0.25, 0.3) is 5.56 Å². The fourth-order valence-corrected chi connectivity index (χ4v) is 3.59. The summed E-state index contributed by atoms with van der Waals surface area (Å²) in [6, 6.07) is 17.5. The molecule has 0 unspecified atom stereocenters. The molecule has 0 bridgehead atoms. The van der Waals surface area contributed by atoms with E-state index in [4.69, 9.17) is 4.74 Å². The minimum Gasteiger partial charge on any atom is -0.497 e. The van der Waals surface area contributed by atoms with Gasteiger partial charge < -0.3 is 19.1 Å². The number of aromatic nitrogens is 2. The molecule has 3 aromatic rings. The molecule has 30 heavy (non-hydrogen) atoms. The Bertz CT molecular complexity index is 1070. The van der Waals surface area contributed by atoms with Crippen LogP contribution in [0.25, 0.3) is 11.3 Å². The van der Waals surface area contributed by atoms with Crippen molar-refractivity contribution in [1.29, 1.82) is 0 Å². The molecule has 0 aliphatic carbocycles. The van der Waals surface area contributed by atoms with Gasteiger partial charge in [-0.1, -0.05) is 36.4 Å². The van der Waals surface area contributed by atoms with Crippen LogP contribution in [-0.4, -0.2) is 53.6 Å². The van der Waals surface area contributed by atoms with Crippen LogP contribution in [0.4, 0.5) is 5.69 Å². The highest BCUT2D eigenvalue weighted by molar-refractivity contribution is 5.76. The Labute approximate surface area is 175 Å². The number of nitrogens with zero attached hydrogens (tertiary/aromatic N) is 4. The molecule has 0 radical (unpaired) electrons. The molecule has 1 aliphatic rings. The van der Waals surface area contributed by atoms with E-state index in [1.54, 1.807) is 13.3 Å². The second-order valence-corrected chi connectivity index (χ2v) is 7.17. The zero-order chi connectivity index (χ0) is 20.9. The lowest BCUT2D eigenvalue weighted by molar-refractivity contribution is -0.132. The van der Waals surface area contributed by atoms with Crippen LogP contribution in [0.1, 0.15) is 0 Å². The van der Waals surface area contributed by atoms with Crippen molar-refractivity contribution < 1.29 is 9.53 Å². The van der Waals surface area contributed by atoms with Crippen LogP contribution >= 0.6 is 0 Å². The molecular weight excluding hydrogens is 380 g/mol. The first-order valence-corrected chi connectivity index (χ1v) is 9.93. The fourth-order valence-electron chi connectivity index (χ4n) is 3.59. The Kier molecular flexibility index (Phi) is 5.79. The molecule has 7 heteroatoms. The third-order valence-electron chi connectivity index (χ3n) is 5.30. The van der Waals surface area contributed by atoms with Crippen LogP contribution in [0.15, 0.2) is 71.8 Å². The number of methoxy groups -OCH3 is 1. The molecule has 1 fully saturated rings. The van der Waals surface area contributed by atoms with Gasteiger partial charge in [0, 0.05) is 49.7 Å². The van der Waals surface area contributed by atoms with E-state index in [1.807, 2.05) is 59.5 Å². The van der Waals surface area contributed by atoms with Gasteiger partial charge in [-0.05, 0) is 12.1 Å². The van der Waals surface area contributed by atoms with E-state index in [2.05, 4.69) is 9.88 Å². The second-order valence-electron chi connectivity index (χ2n) is 7.17. The predicted octanol–water partition coefficient (Wildman–Crippen LogP) is 2.27. The van der Waals surface area contributed by atoms with E-state index < -0.39 is 0 Å². The van der Waals surface area contributed by atoms with Crippen molar-refractivity contribution in [3.8, 4) is 17.0 Å². The maximum absolute atomic E-state index is 12.8. The van der Waals surface area contributed by atoms with E-state index in [1.165, 1.54) is 10.8 Å². The van der Waals surface area contributed by atoms with Crippen molar-refractivity contribution in [2.75, 3.05) is 38.2 Å². The van der Waals surface area contributed by atoms with Crippen LogP contribution in [0, 0.1) is 0 Å². The van der Waals surface area contributed by atoms with Gasteiger partial charge in [0.2, 0.25) is 5.91 Å². The average molecular weight is 404 g/mol. The zero-order valence-corrected chi connectivity index (χ0v) is 16.9. The first-order chi connectivity index (χ1) is 14.6. The molecule has 0 saturated carbocycles. The maximum Gasteiger partial charge on any atom is 0.269 e. The summed E-state index contributed by atoms with van der Waals surface area (Å²) in [6.45, 7) is 2.71. The summed E-state index contributed by atoms with van der Waals surface area (Å²) in [4.78, 5) is 33.3. The minimum absolute atomic E-state index is 0.0142. The van der Waals surface area contributed by atoms with Gasteiger partial charge >= 0.3 is 0 Å². The number of hydrogen-bond acceptors (Lipinski definition) is 5. The van der Waals surface area contributed by atoms with Gasteiger partial charge in [-0.25, -0.2) is 4.98 Å². The summed E-state index contributed by atoms with van der Waals surface area (Å²) in [6.07, 6.45) is 2.93. The molecule has 2 heterocycles. The zero-order valence-electron chi connectivity index (χ0n) is 16.9. The van der Waals surface area contributed by atoms with Crippen molar-refractivity contribution in [2.45, 2.75) is 6.54 Å². The van der Waals surface area contributed by atoms with Crippen molar-refractivity contribution >= 4 is 11.6 Å². The third-order valence-corrected chi connectivity index (χ3v) is 5.30. The Morgan fingerprint density at radius 3 is 2.53 bits per heavy atom. The summed E-state index contributed by atoms with van der Waals surface area (Å²) in [5.74, 6) is 0.755. The normalized spacial score (nSPS) is 13.9. The number of carbonyl (C=O) groups is 1. The van der Waals surface area contributed by atoms with Gasteiger partial charge in [-0.15, -0.1) is 0 Å². The predicted molar refractivity (Wildman–Crippen MR) is 116 cm³/mol. The van der Waals surface area contributed by atoms with Crippen molar-refractivity contribution in [3.63, 3.8) is 0 Å². The van der Waals surface area contributed by atoms with E-state index in [0.717, 1.165) is 30.1 Å². The highest BCUT2D eigenvalue weighted by atomic mass is 16.5.